The molecule has 0 aliphatic heterocycles. The highest BCUT2D eigenvalue weighted by atomic mass is 19.4. The Balaban J connectivity index is 1.55. The van der Waals surface area contributed by atoms with Crippen LogP contribution in [0.4, 0.5) is 43.9 Å². The van der Waals surface area contributed by atoms with Crippen molar-refractivity contribution < 1.29 is 48.6 Å². The molecule has 0 aromatic heterocycles. The van der Waals surface area contributed by atoms with Gasteiger partial charge < -0.3 is 4.74 Å². The van der Waals surface area contributed by atoms with Crippen LogP contribution in [0.1, 0.15) is 34.2 Å². The first kappa shape index (κ1) is 31.2. The fourth-order valence-electron chi connectivity index (χ4n) is 4.08. The van der Waals surface area contributed by atoms with E-state index in [9.17, 15) is 43.9 Å². The molecule has 0 aliphatic rings. The number of hydrogen-bond donors (Lipinski definition) is 0. The van der Waals surface area contributed by atoms with E-state index in [1.165, 1.54) is 0 Å². The van der Waals surface area contributed by atoms with Gasteiger partial charge in [-0.15, -0.1) is 6.58 Å². The molecule has 0 fully saturated rings. The van der Waals surface area contributed by atoms with Gasteiger partial charge in [0.15, 0.2) is 0 Å². The van der Waals surface area contributed by atoms with E-state index in [2.05, 4.69) is 23.2 Å². The number of rotatable bonds is 7. The lowest BCUT2D eigenvalue weighted by Gasteiger charge is -2.20. The summed E-state index contributed by atoms with van der Waals surface area (Å²) in [7, 11) is 0. The lowest BCUT2D eigenvalue weighted by Crippen LogP contribution is -2.25. The molecule has 43 heavy (non-hydrogen) atoms. The summed E-state index contributed by atoms with van der Waals surface area (Å²) >= 11 is 0. The van der Waals surface area contributed by atoms with Crippen molar-refractivity contribution in [2.45, 2.75) is 25.1 Å². The fourth-order valence-corrected chi connectivity index (χ4v) is 4.08. The average molecular weight is 608 g/mol. The summed E-state index contributed by atoms with van der Waals surface area (Å²) < 4.78 is 144. The van der Waals surface area contributed by atoms with Gasteiger partial charge in [0.1, 0.15) is 46.0 Å². The molecule has 11 heteroatoms. The van der Waals surface area contributed by atoms with Crippen LogP contribution in [0.5, 0.6) is 5.75 Å². The third-order valence-electron chi connectivity index (χ3n) is 6.10. The lowest BCUT2D eigenvalue weighted by atomic mass is 10.0. The maximum absolute atomic E-state index is 14.8. The number of ether oxygens (including phenoxy) is 1. The Morgan fingerprint density at radius 1 is 0.651 bits per heavy atom. The van der Waals surface area contributed by atoms with Gasteiger partial charge in [-0.3, -0.25) is 0 Å². The molecule has 4 aromatic rings. The monoisotopic (exact) mass is 608 g/mol. The maximum atomic E-state index is 14.8. The average Bonchev–Trinajstić information content (AvgIpc) is 2.89. The van der Waals surface area contributed by atoms with Gasteiger partial charge in [0.25, 0.3) is 0 Å². The molecular formula is C32H18F10O. The summed E-state index contributed by atoms with van der Waals surface area (Å²) in [5.41, 5.74) is -4.03. The summed E-state index contributed by atoms with van der Waals surface area (Å²) in [4.78, 5) is 0. The first-order valence-corrected chi connectivity index (χ1v) is 12.3. The van der Waals surface area contributed by atoms with Crippen LogP contribution in [-0.2, 0) is 18.7 Å². The fraction of sp³-hybridized carbons (Fsp3) is 0.125. The Morgan fingerprint density at radius 3 is 1.74 bits per heavy atom. The van der Waals surface area contributed by atoms with Crippen LogP contribution in [0.15, 0.2) is 79.4 Å². The molecule has 0 aliphatic carbocycles. The normalized spacial score (nSPS) is 11.6. The Hall–Kier alpha value is -4.72. The second-order valence-electron chi connectivity index (χ2n) is 9.16. The number of aryl methyl sites for hydroxylation is 1. The van der Waals surface area contributed by atoms with Crippen LogP contribution in [0, 0.1) is 40.9 Å². The van der Waals surface area contributed by atoms with Crippen LogP contribution in [-0.4, -0.2) is 0 Å². The summed E-state index contributed by atoms with van der Waals surface area (Å²) in [6, 6.07) is 10.2. The Labute approximate surface area is 239 Å². The van der Waals surface area contributed by atoms with E-state index in [-0.39, 0.29) is 17.7 Å². The van der Waals surface area contributed by atoms with E-state index in [0.717, 1.165) is 18.4 Å². The first-order valence-electron chi connectivity index (χ1n) is 12.3. The number of allylic oxidation sites excluding steroid dienone is 1. The number of halogens is 10. The molecular weight excluding hydrogens is 590 g/mol. The van der Waals surface area contributed by atoms with Crippen LogP contribution < -0.4 is 4.74 Å². The largest absolute Gasteiger partial charge is 0.432 e. The number of benzene rings is 4. The molecule has 4 aromatic carbocycles. The molecule has 0 N–H and O–H groups in total. The van der Waals surface area contributed by atoms with Crippen molar-refractivity contribution in [3.05, 3.63) is 136 Å². The van der Waals surface area contributed by atoms with E-state index in [0.29, 0.717) is 35.9 Å². The van der Waals surface area contributed by atoms with Gasteiger partial charge in [0.05, 0.1) is 0 Å². The molecule has 0 saturated heterocycles. The molecule has 1 nitrogen and oxygen atoms in total. The summed E-state index contributed by atoms with van der Waals surface area (Å²) in [5.74, 6) is -4.67. The Bertz CT molecular complexity index is 1680. The van der Waals surface area contributed by atoms with Crippen molar-refractivity contribution in [3.63, 3.8) is 0 Å². The lowest BCUT2D eigenvalue weighted by molar-refractivity contribution is -0.189. The van der Waals surface area contributed by atoms with Gasteiger partial charge in [0.2, 0.25) is 0 Å². The highest BCUT2D eigenvalue weighted by Crippen LogP contribution is 2.39. The molecule has 0 unspecified atom stereocenters. The van der Waals surface area contributed by atoms with E-state index in [1.54, 1.807) is 18.2 Å². The van der Waals surface area contributed by atoms with Crippen LogP contribution in [0.25, 0.3) is 11.1 Å². The number of hydrogen-bond acceptors (Lipinski definition) is 1. The summed E-state index contributed by atoms with van der Waals surface area (Å²) in [6.45, 7) is 3.64. The predicted molar refractivity (Wildman–Crippen MR) is 139 cm³/mol. The molecule has 0 radical (unpaired) electrons. The smallest absolute Gasteiger partial charge is 0.429 e. The summed E-state index contributed by atoms with van der Waals surface area (Å²) in [5, 5.41) is 0. The molecule has 0 bridgehead atoms. The van der Waals surface area contributed by atoms with Crippen LogP contribution in [0.3, 0.4) is 0 Å². The van der Waals surface area contributed by atoms with Crippen molar-refractivity contribution >= 4 is 0 Å². The van der Waals surface area contributed by atoms with Gasteiger partial charge in [-0.2, -0.15) is 22.0 Å². The SMILES string of the molecule is C=CCCc1ccc(C#Cc2cc(F)c(C(F)(F)Oc3ccc(-c4cc(F)c(C(F)(F)F)c(F)c4)c(F)c3)c(F)c2)cc1. The zero-order valence-corrected chi connectivity index (χ0v) is 21.7. The number of alkyl halides is 5. The van der Waals surface area contributed by atoms with Crippen molar-refractivity contribution in [2.75, 3.05) is 0 Å². The molecule has 0 amide bonds. The van der Waals surface area contributed by atoms with E-state index in [1.807, 2.05) is 12.1 Å². The second kappa shape index (κ2) is 12.3. The standard InChI is InChI=1S/C32H18F10O/c1-2-3-4-18-5-7-19(8-6-18)9-10-20-13-25(34)30(26(35)14-20)32(41,42)43-22-11-12-23(24(33)17-22)21-15-27(36)29(28(37)16-21)31(38,39)40/h2,5-8,11-17H,1,3-4H2. The molecule has 0 heterocycles. The van der Waals surface area contributed by atoms with Gasteiger partial charge in [-0.25, -0.2) is 22.0 Å². The van der Waals surface area contributed by atoms with Crippen molar-refractivity contribution in [2.24, 2.45) is 0 Å². The molecule has 4 rings (SSSR count). The van der Waals surface area contributed by atoms with Crippen LogP contribution >= 0.6 is 0 Å². The highest BCUT2D eigenvalue weighted by molar-refractivity contribution is 5.66. The first-order chi connectivity index (χ1) is 20.2. The van der Waals surface area contributed by atoms with E-state index in [4.69, 9.17) is 0 Å². The predicted octanol–water partition coefficient (Wildman–Crippen LogP) is 9.71. The minimum atomic E-state index is -5.36. The molecule has 0 spiro atoms. The third-order valence-corrected chi connectivity index (χ3v) is 6.10. The minimum absolute atomic E-state index is 0.216. The topological polar surface area (TPSA) is 9.23 Å². The zero-order valence-electron chi connectivity index (χ0n) is 21.7. The van der Waals surface area contributed by atoms with E-state index >= 15 is 0 Å². The maximum Gasteiger partial charge on any atom is 0.432 e. The Morgan fingerprint density at radius 2 is 1.21 bits per heavy atom. The van der Waals surface area contributed by atoms with Gasteiger partial charge in [-0.05, 0) is 72.5 Å². The Kier molecular flexibility index (Phi) is 8.90. The summed E-state index contributed by atoms with van der Waals surface area (Å²) in [6.07, 6.45) is -6.72. The zero-order chi connectivity index (χ0) is 31.5. The van der Waals surface area contributed by atoms with Gasteiger partial charge in [-0.1, -0.05) is 30.0 Å². The van der Waals surface area contributed by atoms with Gasteiger partial charge in [0, 0.05) is 22.8 Å². The van der Waals surface area contributed by atoms with Crippen molar-refractivity contribution in [1.29, 1.82) is 0 Å². The minimum Gasteiger partial charge on any atom is -0.429 e. The van der Waals surface area contributed by atoms with E-state index < -0.39 is 69.4 Å². The van der Waals surface area contributed by atoms with Crippen molar-refractivity contribution in [3.8, 4) is 28.7 Å². The van der Waals surface area contributed by atoms with Gasteiger partial charge >= 0.3 is 12.3 Å². The quantitative estimate of drug-likeness (QED) is 0.115. The molecule has 0 atom stereocenters. The molecule has 0 saturated carbocycles. The third kappa shape index (κ3) is 7.20. The van der Waals surface area contributed by atoms with Crippen LogP contribution in [0.2, 0.25) is 0 Å². The highest BCUT2D eigenvalue weighted by Gasteiger charge is 2.41. The second-order valence-corrected chi connectivity index (χ2v) is 9.16. The van der Waals surface area contributed by atoms with Crippen molar-refractivity contribution in [1.82, 2.24) is 0 Å². The molecule has 222 valence electrons.